The summed E-state index contributed by atoms with van der Waals surface area (Å²) in [4.78, 5) is 0. The SMILES string of the molecule is C=Cc1ccc(C[SH]=CCC(F)(F)C(F)(F)C(F)(F)C(F)(F)C(F)(F)C(F)(F)C(F)(F)C(F)(F)F)cc1. The van der Waals surface area contributed by atoms with Gasteiger partial charge in [-0.15, -0.1) is 0 Å². The normalized spacial score (nSPS) is 15.6. The molecule has 0 aromatic heterocycles. The van der Waals surface area contributed by atoms with Crippen molar-refractivity contribution in [3.8, 4) is 0 Å². The summed E-state index contributed by atoms with van der Waals surface area (Å²) in [6, 6.07) is 5.69. The molecule has 214 valence electrons. The Balaban J connectivity index is 3.31. The molecule has 1 aromatic rings. The maximum absolute atomic E-state index is 13.8. The summed E-state index contributed by atoms with van der Waals surface area (Å²) in [6.07, 6.45) is -8.91. The van der Waals surface area contributed by atoms with Crippen LogP contribution in [0.3, 0.4) is 0 Å². The van der Waals surface area contributed by atoms with E-state index in [-0.39, 0.29) is 22.5 Å². The third kappa shape index (κ3) is 5.30. The minimum atomic E-state index is -8.61. The zero-order valence-electron chi connectivity index (χ0n) is 17.5. The van der Waals surface area contributed by atoms with E-state index in [1.807, 2.05) is 0 Å². The summed E-state index contributed by atoms with van der Waals surface area (Å²) in [5.74, 6) is -56.4. The lowest BCUT2D eigenvalue weighted by atomic mass is 9.88. The number of thiol groups is 1. The predicted molar refractivity (Wildman–Crippen MR) is 101 cm³/mol. The molecule has 0 fully saturated rings. The van der Waals surface area contributed by atoms with Crippen molar-refractivity contribution in [3.05, 3.63) is 42.0 Å². The zero-order chi connectivity index (χ0) is 29.5. The molecule has 1 aromatic carbocycles. The minimum absolute atomic E-state index is 0.105. The van der Waals surface area contributed by atoms with Crippen molar-refractivity contribution >= 4 is 22.8 Å². The van der Waals surface area contributed by atoms with Gasteiger partial charge in [0.1, 0.15) is 0 Å². The van der Waals surface area contributed by atoms with Crippen molar-refractivity contribution in [2.75, 3.05) is 0 Å². The summed E-state index contributed by atoms with van der Waals surface area (Å²) < 4.78 is 224. The molecule has 0 atom stereocenters. The molecule has 0 aliphatic carbocycles. The van der Waals surface area contributed by atoms with Gasteiger partial charge in [0, 0.05) is 12.2 Å². The third-order valence-corrected chi connectivity index (χ3v) is 5.74. The fraction of sp³-hybridized carbons (Fsp3) is 0.526. The largest absolute Gasteiger partial charge is 0.460 e. The number of halogens is 17. The van der Waals surface area contributed by atoms with Gasteiger partial charge in [0.25, 0.3) is 0 Å². The van der Waals surface area contributed by atoms with Gasteiger partial charge in [0.05, 0.1) is 0 Å². The number of benzene rings is 1. The first-order chi connectivity index (χ1) is 16.3. The Labute approximate surface area is 200 Å². The lowest BCUT2D eigenvalue weighted by Crippen LogP contribution is -2.74. The molecule has 0 amide bonds. The molecule has 0 heterocycles. The summed E-state index contributed by atoms with van der Waals surface area (Å²) in [6.45, 7) is 3.42. The van der Waals surface area contributed by atoms with E-state index in [1.165, 1.54) is 30.3 Å². The Hall–Kier alpha value is -2.01. The Bertz CT molecular complexity index is 973. The van der Waals surface area contributed by atoms with Gasteiger partial charge in [-0.25, -0.2) is 0 Å². The third-order valence-electron chi connectivity index (χ3n) is 4.75. The van der Waals surface area contributed by atoms with E-state index >= 15 is 0 Å². The highest BCUT2D eigenvalue weighted by Crippen LogP contribution is 2.64. The second-order valence-corrected chi connectivity index (χ2v) is 8.37. The van der Waals surface area contributed by atoms with Crippen LogP contribution >= 0.6 is 11.4 Å². The van der Waals surface area contributed by atoms with Crippen LogP contribution in [-0.4, -0.2) is 53.0 Å². The fourth-order valence-corrected chi connectivity index (χ4v) is 3.34. The maximum Gasteiger partial charge on any atom is 0.460 e. The molecular formula is C19H13F17S. The first kappa shape index (κ1) is 33.0. The first-order valence-corrected chi connectivity index (χ1v) is 10.3. The standard InChI is InChI=1S/C19H13F17S/c1-2-10-3-5-11(6-4-10)9-37-8-7-12(20,21)13(22,23)14(24,25)15(26,27)16(28,29)17(30,31)18(32,33)19(34,35)36/h2-6,8,37H,1,7,9H2. The van der Waals surface area contributed by atoms with Gasteiger partial charge in [-0.3, -0.25) is 0 Å². The minimum Gasteiger partial charge on any atom is -0.200 e. The average Bonchev–Trinajstić information content (AvgIpc) is 2.75. The molecule has 0 aliphatic heterocycles. The topological polar surface area (TPSA) is 0 Å². The van der Waals surface area contributed by atoms with Gasteiger partial charge >= 0.3 is 47.6 Å². The van der Waals surface area contributed by atoms with Crippen molar-refractivity contribution in [2.45, 2.75) is 59.8 Å². The van der Waals surface area contributed by atoms with Crippen LogP contribution in [0, 0.1) is 0 Å². The van der Waals surface area contributed by atoms with E-state index in [0.29, 0.717) is 11.1 Å². The van der Waals surface area contributed by atoms with Crippen molar-refractivity contribution < 1.29 is 74.6 Å². The van der Waals surface area contributed by atoms with Gasteiger partial charge in [-0.05, 0) is 11.1 Å². The lowest BCUT2D eigenvalue weighted by Gasteiger charge is -2.42. The van der Waals surface area contributed by atoms with Crippen LogP contribution in [0.5, 0.6) is 0 Å². The summed E-state index contributed by atoms with van der Waals surface area (Å²) >= 11 is -0.343. The Morgan fingerprint density at radius 3 is 1.32 bits per heavy atom. The molecule has 0 unspecified atom stereocenters. The van der Waals surface area contributed by atoms with Crippen LogP contribution < -0.4 is 0 Å². The van der Waals surface area contributed by atoms with Crippen molar-refractivity contribution in [1.29, 1.82) is 0 Å². The van der Waals surface area contributed by atoms with E-state index < -0.39 is 54.1 Å². The maximum atomic E-state index is 13.8. The van der Waals surface area contributed by atoms with Crippen molar-refractivity contribution in [3.63, 3.8) is 0 Å². The fourth-order valence-electron chi connectivity index (χ4n) is 2.43. The summed E-state index contributed by atoms with van der Waals surface area (Å²) in [5, 5.41) is 0.105. The Kier molecular flexibility index (Phi) is 8.87. The van der Waals surface area contributed by atoms with E-state index in [0.717, 1.165) is 0 Å². The summed E-state index contributed by atoms with van der Waals surface area (Å²) in [5.41, 5.74) is 0.942. The molecular weight excluding hydrogens is 583 g/mol. The number of hydrogen-bond donors (Lipinski definition) is 1. The second kappa shape index (κ2) is 9.94. The van der Waals surface area contributed by atoms with Crippen LogP contribution in [0.4, 0.5) is 74.6 Å². The molecule has 0 radical (unpaired) electrons. The van der Waals surface area contributed by atoms with Gasteiger partial charge < -0.3 is 0 Å². The van der Waals surface area contributed by atoms with Crippen molar-refractivity contribution in [1.82, 2.24) is 0 Å². The molecule has 0 spiro atoms. The highest BCUT2D eigenvalue weighted by molar-refractivity contribution is 7.96. The summed E-state index contributed by atoms with van der Waals surface area (Å²) in [7, 11) is 0. The molecule has 0 N–H and O–H groups in total. The first-order valence-electron chi connectivity index (χ1n) is 9.17. The lowest BCUT2D eigenvalue weighted by molar-refractivity contribution is -0.461. The second-order valence-electron chi connectivity index (χ2n) is 7.32. The highest BCUT2D eigenvalue weighted by atomic mass is 32.1. The average molecular weight is 596 g/mol. The molecule has 1 rings (SSSR count). The van der Waals surface area contributed by atoms with E-state index in [4.69, 9.17) is 0 Å². The van der Waals surface area contributed by atoms with Gasteiger partial charge in [0.2, 0.25) is 0 Å². The molecule has 0 aliphatic rings. The highest BCUT2D eigenvalue weighted by Gasteiger charge is 2.95. The quantitative estimate of drug-likeness (QED) is 0.148. The van der Waals surface area contributed by atoms with Gasteiger partial charge in [0.15, 0.2) is 0 Å². The molecule has 37 heavy (non-hydrogen) atoms. The molecule has 0 bridgehead atoms. The van der Waals surface area contributed by atoms with Gasteiger partial charge in [-0.2, -0.15) is 86.0 Å². The van der Waals surface area contributed by atoms with Crippen LogP contribution in [0.1, 0.15) is 17.5 Å². The molecule has 18 heteroatoms. The Morgan fingerprint density at radius 1 is 0.568 bits per heavy atom. The molecule has 0 nitrogen and oxygen atoms in total. The monoisotopic (exact) mass is 596 g/mol. The zero-order valence-corrected chi connectivity index (χ0v) is 18.4. The number of alkyl halides is 17. The van der Waals surface area contributed by atoms with E-state index in [2.05, 4.69) is 6.58 Å². The van der Waals surface area contributed by atoms with Gasteiger partial charge in [-0.1, -0.05) is 42.3 Å². The number of rotatable bonds is 11. The van der Waals surface area contributed by atoms with E-state index in [1.54, 1.807) is 0 Å². The smallest absolute Gasteiger partial charge is 0.200 e. The van der Waals surface area contributed by atoms with Crippen LogP contribution in [0.15, 0.2) is 30.8 Å². The van der Waals surface area contributed by atoms with Crippen molar-refractivity contribution in [2.24, 2.45) is 0 Å². The molecule has 0 saturated carbocycles. The predicted octanol–water partition coefficient (Wildman–Crippen LogP) is 8.50. The Morgan fingerprint density at radius 2 is 0.946 bits per heavy atom. The number of hydrogen-bond acceptors (Lipinski definition) is 0. The molecule has 0 saturated heterocycles. The van der Waals surface area contributed by atoms with Crippen LogP contribution in [-0.2, 0) is 5.75 Å². The van der Waals surface area contributed by atoms with E-state index in [9.17, 15) is 74.6 Å². The van der Waals surface area contributed by atoms with Crippen LogP contribution in [0.25, 0.3) is 6.08 Å². The van der Waals surface area contributed by atoms with Crippen LogP contribution in [0.2, 0.25) is 0 Å².